The van der Waals surface area contributed by atoms with Gasteiger partial charge in [-0.2, -0.15) is 13.2 Å². The molecule has 0 spiro atoms. The lowest BCUT2D eigenvalue weighted by atomic mass is 10.1. The maximum Gasteiger partial charge on any atom is 0.401 e. The van der Waals surface area contributed by atoms with E-state index in [-0.39, 0.29) is 30.0 Å². The van der Waals surface area contributed by atoms with E-state index >= 15 is 0 Å². The van der Waals surface area contributed by atoms with E-state index in [0.29, 0.717) is 25.5 Å². The van der Waals surface area contributed by atoms with Crippen molar-refractivity contribution in [1.29, 1.82) is 0 Å². The molecule has 1 fully saturated rings. The number of alkyl halides is 3. The van der Waals surface area contributed by atoms with E-state index < -0.39 is 12.7 Å². The van der Waals surface area contributed by atoms with Crippen molar-refractivity contribution in [2.24, 2.45) is 4.99 Å². The zero-order chi connectivity index (χ0) is 18.3. The zero-order valence-corrected chi connectivity index (χ0v) is 17.7. The van der Waals surface area contributed by atoms with E-state index in [2.05, 4.69) is 15.6 Å². The minimum Gasteiger partial charge on any atom is -0.356 e. The first kappa shape index (κ1) is 23.3. The first-order valence-electron chi connectivity index (χ1n) is 8.36. The molecule has 1 aromatic carbocycles. The lowest BCUT2D eigenvalue weighted by Crippen LogP contribution is -2.45. The molecule has 0 aromatic heterocycles. The van der Waals surface area contributed by atoms with Crippen molar-refractivity contribution in [3.05, 3.63) is 34.9 Å². The monoisotopic (exact) mass is 504 g/mol. The number of aryl methyl sites for hydroxylation is 1. The quantitative estimate of drug-likeness (QED) is 0.269. The second-order valence-corrected chi connectivity index (χ2v) is 6.65. The Morgan fingerprint density at radius 2 is 2.00 bits per heavy atom. The summed E-state index contributed by atoms with van der Waals surface area (Å²) in [5.74, 6) is 0.634. The Morgan fingerprint density at radius 1 is 1.31 bits per heavy atom. The number of benzene rings is 1. The van der Waals surface area contributed by atoms with Gasteiger partial charge in [0.2, 0.25) is 0 Å². The predicted molar refractivity (Wildman–Crippen MR) is 111 cm³/mol. The molecule has 1 unspecified atom stereocenters. The van der Waals surface area contributed by atoms with Crippen LogP contribution in [-0.4, -0.2) is 56.3 Å². The molecule has 1 atom stereocenters. The molecule has 1 aromatic rings. The van der Waals surface area contributed by atoms with Crippen LogP contribution >= 0.6 is 35.6 Å². The lowest BCUT2D eigenvalue weighted by Gasteiger charge is -2.19. The van der Waals surface area contributed by atoms with Crippen LogP contribution in [0.3, 0.4) is 0 Å². The number of nitrogens with zero attached hydrogens (tertiary/aromatic N) is 2. The fraction of sp³-hybridized carbons (Fsp3) is 0.588. The Hall–Kier alpha value is -0.740. The van der Waals surface area contributed by atoms with Gasteiger partial charge in [0.05, 0.1) is 6.54 Å². The van der Waals surface area contributed by atoms with Gasteiger partial charge in [0.25, 0.3) is 0 Å². The van der Waals surface area contributed by atoms with Crippen LogP contribution in [0.5, 0.6) is 0 Å². The fourth-order valence-electron chi connectivity index (χ4n) is 2.89. The molecule has 4 nitrogen and oxygen atoms in total. The molecule has 0 bridgehead atoms. The largest absolute Gasteiger partial charge is 0.401 e. The van der Waals surface area contributed by atoms with Crippen molar-refractivity contribution in [1.82, 2.24) is 15.5 Å². The highest BCUT2D eigenvalue weighted by Crippen LogP contribution is 2.19. The van der Waals surface area contributed by atoms with Crippen LogP contribution in [0.15, 0.2) is 29.3 Å². The summed E-state index contributed by atoms with van der Waals surface area (Å²) in [7, 11) is 1.66. The van der Waals surface area contributed by atoms with Gasteiger partial charge in [-0.25, -0.2) is 0 Å². The zero-order valence-electron chi connectivity index (χ0n) is 14.7. The van der Waals surface area contributed by atoms with E-state index in [0.717, 1.165) is 24.4 Å². The van der Waals surface area contributed by atoms with Gasteiger partial charge in [-0.15, -0.1) is 24.0 Å². The molecule has 2 N–H and O–H groups in total. The van der Waals surface area contributed by atoms with Crippen molar-refractivity contribution in [3.63, 3.8) is 0 Å². The first-order chi connectivity index (χ1) is 11.9. The molecule has 0 aliphatic carbocycles. The standard InChI is InChI=1S/C17H24ClF3N4.HI/c1-22-16(23-9-2-3-13-4-6-14(18)7-5-13)24-15-8-10-25(11-15)12-17(19,20)21;/h4-7,15H,2-3,8-12H2,1H3,(H2,22,23,24);1H. The highest BCUT2D eigenvalue weighted by Gasteiger charge is 2.34. The van der Waals surface area contributed by atoms with Gasteiger partial charge in [-0.3, -0.25) is 9.89 Å². The Labute approximate surface area is 174 Å². The first-order valence-corrected chi connectivity index (χ1v) is 8.74. The summed E-state index contributed by atoms with van der Waals surface area (Å²) < 4.78 is 37.3. The summed E-state index contributed by atoms with van der Waals surface area (Å²) in [6, 6.07) is 7.74. The Kier molecular flexibility index (Phi) is 10.0. The van der Waals surface area contributed by atoms with Crippen molar-refractivity contribution >= 4 is 41.5 Å². The number of aliphatic imine (C=N–C) groups is 1. The molecular weight excluding hydrogens is 480 g/mol. The molecule has 148 valence electrons. The van der Waals surface area contributed by atoms with Gasteiger partial charge >= 0.3 is 6.18 Å². The van der Waals surface area contributed by atoms with E-state index in [9.17, 15) is 13.2 Å². The SMILES string of the molecule is CN=C(NCCCc1ccc(Cl)cc1)NC1CCN(CC(F)(F)F)C1.I. The smallest absolute Gasteiger partial charge is 0.356 e. The maximum atomic E-state index is 12.4. The number of nitrogens with one attached hydrogen (secondary N) is 2. The van der Waals surface area contributed by atoms with Crippen LogP contribution in [0.25, 0.3) is 0 Å². The van der Waals surface area contributed by atoms with Gasteiger partial charge in [-0.1, -0.05) is 23.7 Å². The normalized spacial score (nSPS) is 18.5. The maximum absolute atomic E-state index is 12.4. The molecule has 1 heterocycles. The average molecular weight is 505 g/mol. The topological polar surface area (TPSA) is 39.7 Å². The molecule has 1 aliphatic rings. The van der Waals surface area contributed by atoms with Crippen molar-refractivity contribution in [2.75, 3.05) is 33.2 Å². The highest BCUT2D eigenvalue weighted by atomic mass is 127. The second kappa shape index (κ2) is 11.2. The lowest BCUT2D eigenvalue weighted by molar-refractivity contribution is -0.143. The van der Waals surface area contributed by atoms with Crippen molar-refractivity contribution in [2.45, 2.75) is 31.5 Å². The predicted octanol–water partition coefficient (Wildman–Crippen LogP) is 3.69. The van der Waals surface area contributed by atoms with Crippen LogP contribution in [0.1, 0.15) is 18.4 Å². The van der Waals surface area contributed by atoms with E-state index in [4.69, 9.17) is 11.6 Å². The molecule has 0 saturated carbocycles. The van der Waals surface area contributed by atoms with E-state index in [1.807, 2.05) is 24.3 Å². The summed E-state index contributed by atoms with van der Waals surface area (Å²) in [6.07, 6.45) is -1.62. The molecule has 0 radical (unpaired) electrons. The third kappa shape index (κ3) is 8.77. The summed E-state index contributed by atoms with van der Waals surface area (Å²) in [4.78, 5) is 5.57. The Morgan fingerprint density at radius 3 is 2.62 bits per heavy atom. The Balaban J connectivity index is 0.00000338. The van der Waals surface area contributed by atoms with Gasteiger partial charge in [0.1, 0.15) is 0 Å². The molecule has 1 saturated heterocycles. The van der Waals surface area contributed by atoms with Crippen LogP contribution in [-0.2, 0) is 6.42 Å². The number of halogens is 5. The number of hydrogen-bond donors (Lipinski definition) is 2. The summed E-state index contributed by atoms with van der Waals surface area (Å²) >= 11 is 5.86. The van der Waals surface area contributed by atoms with E-state index in [1.165, 1.54) is 10.5 Å². The Bertz CT molecular complexity index is 566. The average Bonchev–Trinajstić information content (AvgIpc) is 2.97. The number of likely N-dealkylation sites (tertiary alicyclic amines) is 1. The van der Waals surface area contributed by atoms with Crippen LogP contribution in [0, 0.1) is 0 Å². The van der Waals surface area contributed by atoms with Gasteiger partial charge in [0, 0.05) is 37.7 Å². The highest BCUT2D eigenvalue weighted by molar-refractivity contribution is 14.0. The second-order valence-electron chi connectivity index (χ2n) is 6.21. The molecule has 26 heavy (non-hydrogen) atoms. The number of guanidine groups is 1. The third-order valence-corrected chi connectivity index (χ3v) is 4.34. The number of hydrogen-bond acceptors (Lipinski definition) is 2. The van der Waals surface area contributed by atoms with Crippen LogP contribution < -0.4 is 10.6 Å². The molecule has 9 heteroatoms. The van der Waals surface area contributed by atoms with E-state index in [1.54, 1.807) is 7.05 Å². The minimum atomic E-state index is -4.14. The van der Waals surface area contributed by atoms with Crippen molar-refractivity contribution < 1.29 is 13.2 Å². The van der Waals surface area contributed by atoms with Gasteiger partial charge in [0.15, 0.2) is 5.96 Å². The molecule has 0 amide bonds. The molecular formula is C17H25ClF3IN4. The molecule has 1 aliphatic heterocycles. The fourth-order valence-corrected chi connectivity index (χ4v) is 3.01. The van der Waals surface area contributed by atoms with Crippen molar-refractivity contribution in [3.8, 4) is 0 Å². The third-order valence-electron chi connectivity index (χ3n) is 4.09. The summed E-state index contributed by atoms with van der Waals surface area (Å²) in [6.45, 7) is 0.718. The summed E-state index contributed by atoms with van der Waals surface area (Å²) in [5.41, 5.74) is 1.22. The minimum absolute atomic E-state index is 0. The number of rotatable bonds is 6. The summed E-state index contributed by atoms with van der Waals surface area (Å²) in [5, 5.41) is 7.14. The van der Waals surface area contributed by atoms with Gasteiger partial charge in [-0.05, 0) is 37.0 Å². The molecule has 2 rings (SSSR count). The van der Waals surface area contributed by atoms with Crippen LogP contribution in [0.4, 0.5) is 13.2 Å². The van der Waals surface area contributed by atoms with Gasteiger partial charge < -0.3 is 10.6 Å². The van der Waals surface area contributed by atoms with Crippen LogP contribution in [0.2, 0.25) is 5.02 Å².